The Hall–Kier alpha value is -1.73. The molecule has 1 fully saturated rings. The molecule has 5 nitrogen and oxygen atoms in total. The highest BCUT2D eigenvalue weighted by molar-refractivity contribution is 5.69. The second kappa shape index (κ2) is 8.94. The number of ether oxygens (including phenoxy) is 1. The Morgan fingerprint density at radius 1 is 1.38 bits per heavy atom. The van der Waals surface area contributed by atoms with Crippen molar-refractivity contribution < 1.29 is 23.4 Å². The van der Waals surface area contributed by atoms with Crippen molar-refractivity contribution >= 4 is 5.97 Å². The molecule has 0 aliphatic heterocycles. The molecule has 0 aromatic heterocycles. The third-order valence-electron chi connectivity index (χ3n) is 4.27. The van der Waals surface area contributed by atoms with Gasteiger partial charge in [0.2, 0.25) is 0 Å². The van der Waals surface area contributed by atoms with E-state index < -0.39 is 19.0 Å². The minimum absolute atomic E-state index is 0.0912. The number of carbonyl (C=O) groups is 1. The van der Waals surface area contributed by atoms with Gasteiger partial charge in [0.25, 0.3) is 6.43 Å². The Bertz CT molecular complexity index is 519. The number of alkyl halides is 2. The van der Waals surface area contributed by atoms with Crippen molar-refractivity contribution in [1.29, 1.82) is 0 Å². The van der Waals surface area contributed by atoms with Crippen LogP contribution in [0.15, 0.2) is 24.3 Å². The summed E-state index contributed by atoms with van der Waals surface area (Å²) in [4.78, 5) is 12.8. The smallest absolute Gasteiger partial charge is 0.317 e. The number of carboxylic acids is 1. The van der Waals surface area contributed by atoms with Crippen molar-refractivity contribution in [3.63, 3.8) is 0 Å². The molecular weight excluding hydrogens is 318 g/mol. The van der Waals surface area contributed by atoms with E-state index in [4.69, 9.17) is 9.84 Å². The highest BCUT2D eigenvalue weighted by Crippen LogP contribution is 2.26. The van der Waals surface area contributed by atoms with Gasteiger partial charge in [-0.05, 0) is 37.1 Å². The van der Waals surface area contributed by atoms with E-state index >= 15 is 0 Å². The van der Waals surface area contributed by atoms with E-state index in [2.05, 4.69) is 5.32 Å². The monoisotopic (exact) mass is 342 g/mol. The first-order chi connectivity index (χ1) is 11.5. The summed E-state index contributed by atoms with van der Waals surface area (Å²) in [5.41, 5.74) is 1.06. The fourth-order valence-electron chi connectivity index (χ4n) is 2.85. The molecule has 2 N–H and O–H groups in total. The maximum absolute atomic E-state index is 12.1. The van der Waals surface area contributed by atoms with E-state index in [0.29, 0.717) is 24.4 Å². The van der Waals surface area contributed by atoms with Gasteiger partial charge in [-0.1, -0.05) is 19.1 Å². The Morgan fingerprint density at radius 3 is 2.58 bits per heavy atom. The number of hydrogen-bond acceptors (Lipinski definition) is 4. The van der Waals surface area contributed by atoms with E-state index in [1.807, 2.05) is 24.0 Å². The molecule has 7 heteroatoms. The van der Waals surface area contributed by atoms with Crippen molar-refractivity contribution in [1.82, 2.24) is 10.2 Å². The molecule has 0 radical (unpaired) electrons. The lowest BCUT2D eigenvalue weighted by atomic mass is 9.85. The Morgan fingerprint density at radius 2 is 2.04 bits per heavy atom. The number of carboxylic acid groups (broad SMARTS) is 1. The van der Waals surface area contributed by atoms with Crippen LogP contribution in [0.25, 0.3) is 0 Å². The van der Waals surface area contributed by atoms with Crippen LogP contribution < -0.4 is 10.1 Å². The lowest BCUT2D eigenvalue weighted by Crippen LogP contribution is -2.53. The third-order valence-corrected chi connectivity index (χ3v) is 4.27. The number of hydrogen-bond donors (Lipinski definition) is 2. The van der Waals surface area contributed by atoms with Gasteiger partial charge in [-0.2, -0.15) is 0 Å². The zero-order valence-electron chi connectivity index (χ0n) is 13.8. The van der Waals surface area contributed by atoms with Crippen LogP contribution in [0, 0.1) is 0 Å². The number of halogens is 2. The molecule has 1 aliphatic carbocycles. The number of aliphatic carboxylic acids is 1. The molecular formula is C17H24F2N2O3. The fourth-order valence-corrected chi connectivity index (χ4v) is 2.85. The molecule has 134 valence electrons. The zero-order chi connectivity index (χ0) is 17.5. The molecule has 0 amide bonds. The molecule has 1 aromatic carbocycles. The molecule has 1 aromatic rings. The maximum atomic E-state index is 12.1. The van der Waals surface area contributed by atoms with Gasteiger partial charge in [0, 0.05) is 18.6 Å². The second-order valence-electron chi connectivity index (χ2n) is 6.01. The predicted octanol–water partition coefficient (Wildman–Crippen LogP) is 2.36. The molecule has 0 saturated heterocycles. The highest BCUT2D eigenvalue weighted by Gasteiger charge is 2.33. The van der Waals surface area contributed by atoms with Crippen molar-refractivity contribution in [2.75, 3.05) is 19.7 Å². The van der Waals surface area contributed by atoms with E-state index in [0.717, 1.165) is 24.9 Å². The van der Waals surface area contributed by atoms with Gasteiger partial charge in [0.05, 0.1) is 6.54 Å². The fraction of sp³-hybridized carbons (Fsp3) is 0.588. The van der Waals surface area contributed by atoms with Crippen LogP contribution in [0.1, 0.15) is 25.3 Å². The minimum Gasteiger partial charge on any atom is -0.488 e. The topological polar surface area (TPSA) is 61.8 Å². The van der Waals surface area contributed by atoms with Crippen molar-refractivity contribution in [3.05, 3.63) is 29.8 Å². The number of nitrogens with zero attached hydrogens (tertiary/aromatic N) is 1. The van der Waals surface area contributed by atoms with Crippen molar-refractivity contribution in [2.45, 2.75) is 44.8 Å². The van der Waals surface area contributed by atoms with Crippen LogP contribution >= 0.6 is 0 Å². The molecule has 1 aliphatic rings. The van der Waals surface area contributed by atoms with Gasteiger partial charge in [0.15, 0.2) is 0 Å². The summed E-state index contributed by atoms with van der Waals surface area (Å²) in [5.74, 6) is -0.350. The van der Waals surface area contributed by atoms with E-state index in [1.165, 1.54) is 0 Å². The van der Waals surface area contributed by atoms with Gasteiger partial charge < -0.3 is 15.2 Å². The van der Waals surface area contributed by atoms with E-state index in [9.17, 15) is 13.6 Å². The summed E-state index contributed by atoms with van der Waals surface area (Å²) in [6.07, 6.45) is -0.588. The largest absolute Gasteiger partial charge is 0.488 e. The van der Waals surface area contributed by atoms with Gasteiger partial charge in [-0.25, -0.2) is 8.78 Å². The standard InChI is InChI=1S/C17H24F2N2O3/c1-2-21(10-17(22)23)14-7-13(8-14)20-9-12-3-5-15(6-4-12)24-11-16(18)19/h3-6,13-14,16,20H,2,7-11H2,1H3,(H,22,23). The Balaban J connectivity index is 1.69. The summed E-state index contributed by atoms with van der Waals surface area (Å²) >= 11 is 0. The first-order valence-corrected chi connectivity index (χ1v) is 8.17. The van der Waals surface area contributed by atoms with E-state index in [-0.39, 0.29) is 6.54 Å². The summed E-state index contributed by atoms with van der Waals surface area (Å²) in [6.45, 7) is 2.90. The summed E-state index contributed by atoms with van der Waals surface area (Å²) in [7, 11) is 0. The second-order valence-corrected chi connectivity index (χ2v) is 6.01. The SMILES string of the molecule is CCN(CC(=O)O)C1CC(NCc2ccc(OCC(F)F)cc2)C1. The first-order valence-electron chi connectivity index (χ1n) is 8.17. The minimum atomic E-state index is -2.47. The third kappa shape index (κ3) is 5.72. The zero-order valence-corrected chi connectivity index (χ0v) is 13.8. The van der Waals surface area contributed by atoms with Crippen molar-refractivity contribution in [2.24, 2.45) is 0 Å². The molecule has 0 unspecified atom stereocenters. The molecule has 0 atom stereocenters. The van der Waals surface area contributed by atoms with Gasteiger partial charge in [0.1, 0.15) is 12.4 Å². The van der Waals surface area contributed by atoms with Gasteiger partial charge in [-0.3, -0.25) is 9.69 Å². The number of likely N-dealkylation sites (N-methyl/N-ethyl adjacent to an activating group) is 1. The van der Waals surface area contributed by atoms with Crippen LogP contribution in [-0.2, 0) is 11.3 Å². The van der Waals surface area contributed by atoms with Crippen LogP contribution in [0.2, 0.25) is 0 Å². The summed E-state index contributed by atoms with van der Waals surface area (Å²) < 4.78 is 29.1. The van der Waals surface area contributed by atoms with Gasteiger partial charge >= 0.3 is 5.97 Å². The molecule has 0 bridgehead atoms. The maximum Gasteiger partial charge on any atom is 0.317 e. The lowest BCUT2D eigenvalue weighted by molar-refractivity contribution is -0.139. The summed E-state index contributed by atoms with van der Waals surface area (Å²) in [6, 6.07) is 7.80. The van der Waals surface area contributed by atoms with E-state index in [1.54, 1.807) is 12.1 Å². The number of nitrogens with one attached hydrogen (secondary N) is 1. The normalized spacial score (nSPS) is 20.2. The highest BCUT2D eigenvalue weighted by atomic mass is 19.3. The number of rotatable bonds is 10. The Labute approximate surface area is 140 Å². The van der Waals surface area contributed by atoms with Crippen LogP contribution in [-0.4, -0.2) is 54.2 Å². The van der Waals surface area contributed by atoms with Crippen LogP contribution in [0.5, 0.6) is 5.75 Å². The molecule has 2 rings (SSSR count). The summed E-state index contributed by atoms with van der Waals surface area (Å²) in [5, 5.41) is 12.3. The van der Waals surface area contributed by atoms with Crippen molar-refractivity contribution in [3.8, 4) is 5.75 Å². The predicted molar refractivity (Wildman–Crippen MR) is 86.5 cm³/mol. The Kier molecular flexibility index (Phi) is 6.93. The first kappa shape index (κ1) is 18.6. The quantitative estimate of drug-likeness (QED) is 0.683. The lowest BCUT2D eigenvalue weighted by Gasteiger charge is -2.42. The average Bonchev–Trinajstić information content (AvgIpc) is 2.50. The molecule has 1 saturated carbocycles. The molecule has 0 heterocycles. The average molecular weight is 342 g/mol. The van der Waals surface area contributed by atoms with Crippen LogP contribution in [0.4, 0.5) is 8.78 Å². The van der Waals surface area contributed by atoms with Crippen LogP contribution in [0.3, 0.4) is 0 Å². The number of benzene rings is 1. The van der Waals surface area contributed by atoms with Gasteiger partial charge in [-0.15, -0.1) is 0 Å². The molecule has 24 heavy (non-hydrogen) atoms. The molecule has 0 spiro atoms.